The summed E-state index contributed by atoms with van der Waals surface area (Å²) in [6.07, 6.45) is 5.45. The second kappa shape index (κ2) is 6.18. The van der Waals surface area contributed by atoms with Gasteiger partial charge in [0.05, 0.1) is 23.4 Å². The molecule has 2 aromatic heterocycles. The fourth-order valence-corrected chi connectivity index (χ4v) is 3.20. The number of benzene rings is 2. The van der Waals surface area contributed by atoms with Crippen LogP contribution in [0.5, 0.6) is 0 Å². The normalized spacial score (nSPS) is 12.4. The van der Waals surface area contributed by atoms with Crippen LogP contribution in [0.25, 0.3) is 11.0 Å². The van der Waals surface area contributed by atoms with Crippen molar-refractivity contribution in [1.29, 1.82) is 0 Å². The lowest BCUT2D eigenvalue weighted by Gasteiger charge is -2.20. The number of halogens is 1. The fraction of sp³-hybridized carbons (Fsp3) is 0.105. The van der Waals surface area contributed by atoms with Crippen LogP contribution in [0, 0.1) is 6.92 Å². The summed E-state index contributed by atoms with van der Waals surface area (Å²) >= 11 is 6.19. The summed E-state index contributed by atoms with van der Waals surface area (Å²) in [6.45, 7) is 1.70. The molecule has 124 valence electrons. The number of rotatable bonds is 3. The highest BCUT2D eigenvalue weighted by Crippen LogP contribution is 2.29. The van der Waals surface area contributed by atoms with Crippen LogP contribution in [0.2, 0.25) is 5.02 Å². The van der Waals surface area contributed by atoms with Crippen LogP contribution < -0.4 is 5.56 Å². The highest BCUT2D eigenvalue weighted by atomic mass is 35.5. The largest absolute Gasteiger partial charge is 0.326 e. The van der Waals surface area contributed by atoms with E-state index in [1.165, 1.54) is 0 Å². The van der Waals surface area contributed by atoms with Crippen LogP contribution in [0.15, 0.2) is 66.0 Å². The Hall–Kier alpha value is -2.92. The van der Waals surface area contributed by atoms with Crippen molar-refractivity contribution in [2.24, 2.45) is 0 Å². The summed E-state index contributed by atoms with van der Waals surface area (Å²) in [4.78, 5) is 23.2. The highest BCUT2D eigenvalue weighted by molar-refractivity contribution is 6.30. The monoisotopic (exact) mass is 350 g/mol. The van der Waals surface area contributed by atoms with Crippen LogP contribution in [0.4, 0.5) is 0 Å². The van der Waals surface area contributed by atoms with Gasteiger partial charge in [0.15, 0.2) is 0 Å². The average molecular weight is 351 g/mol. The zero-order chi connectivity index (χ0) is 17.4. The van der Waals surface area contributed by atoms with Gasteiger partial charge in [0.2, 0.25) is 0 Å². The number of aromatic amines is 1. The Morgan fingerprint density at radius 3 is 2.76 bits per heavy atom. The molecule has 0 fully saturated rings. The maximum Gasteiger partial charge on any atom is 0.269 e. The van der Waals surface area contributed by atoms with Crippen molar-refractivity contribution in [3.05, 3.63) is 93.4 Å². The van der Waals surface area contributed by atoms with E-state index in [-0.39, 0.29) is 11.6 Å². The van der Waals surface area contributed by atoms with Gasteiger partial charge in [0.1, 0.15) is 5.69 Å². The first-order valence-electron chi connectivity index (χ1n) is 7.85. The smallest absolute Gasteiger partial charge is 0.269 e. The van der Waals surface area contributed by atoms with E-state index in [9.17, 15) is 4.79 Å². The van der Waals surface area contributed by atoms with E-state index in [0.717, 1.165) is 22.2 Å². The Labute approximate surface area is 149 Å². The predicted molar refractivity (Wildman–Crippen MR) is 98.0 cm³/mol. The van der Waals surface area contributed by atoms with E-state index < -0.39 is 0 Å². The van der Waals surface area contributed by atoms with E-state index in [1.807, 2.05) is 53.2 Å². The predicted octanol–water partition coefficient (Wildman–Crippen LogP) is 3.72. The molecule has 5 nitrogen and oxygen atoms in total. The van der Waals surface area contributed by atoms with Crippen molar-refractivity contribution < 1.29 is 0 Å². The summed E-state index contributed by atoms with van der Waals surface area (Å²) < 4.78 is 2.02. The van der Waals surface area contributed by atoms with Crippen molar-refractivity contribution in [3.8, 4) is 0 Å². The van der Waals surface area contributed by atoms with Gasteiger partial charge in [-0.3, -0.25) is 4.79 Å². The van der Waals surface area contributed by atoms with E-state index >= 15 is 0 Å². The number of nitrogens with one attached hydrogen (secondary N) is 1. The molecule has 6 heteroatoms. The molecule has 4 aromatic rings. The molecule has 0 radical (unpaired) electrons. The molecule has 0 bridgehead atoms. The van der Waals surface area contributed by atoms with Gasteiger partial charge >= 0.3 is 0 Å². The lowest BCUT2D eigenvalue weighted by Crippen LogP contribution is -2.13. The molecule has 4 rings (SSSR count). The zero-order valence-electron chi connectivity index (χ0n) is 13.5. The van der Waals surface area contributed by atoms with Gasteiger partial charge in [-0.2, -0.15) is 0 Å². The second-order valence-electron chi connectivity index (χ2n) is 5.90. The first-order chi connectivity index (χ1) is 12.1. The van der Waals surface area contributed by atoms with Crippen molar-refractivity contribution in [2.45, 2.75) is 13.0 Å². The molecular formula is C19H15ClN4O. The number of aryl methyl sites for hydroxylation is 1. The number of nitrogens with zero attached hydrogens (tertiary/aromatic N) is 3. The standard InChI is InChI=1S/C19H15ClN4O/c1-12-19(25)23-16-6-5-14(10-17(16)22-12)18(24-8-7-21-11-24)13-3-2-4-15(20)9-13/h2-11,18H,1H3,(H,23,25). The molecule has 25 heavy (non-hydrogen) atoms. The maximum absolute atomic E-state index is 11.8. The lowest BCUT2D eigenvalue weighted by molar-refractivity contribution is 0.677. The number of imidazole rings is 1. The SMILES string of the molecule is Cc1nc2cc(C(c3cccc(Cl)c3)n3ccnc3)ccc2[nH]c1=O. The number of aromatic nitrogens is 4. The third kappa shape index (κ3) is 2.94. The minimum Gasteiger partial charge on any atom is -0.326 e. The van der Waals surface area contributed by atoms with Gasteiger partial charge < -0.3 is 9.55 Å². The minimum atomic E-state index is -0.166. The maximum atomic E-state index is 11.8. The van der Waals surface area contributed by atoms with Crippen LogP contribution in [0.3, 0.4) is 0 Å². The summed E-state index contributed by atoms with van der Waals surface area (Å²) in [5.74, 6) is 0. The molecule has 2 heterocycles. The topological polar surface area (TPSA) is 63.6 Å². The molecule has 0 saturated heterocycles. The molecular weight excluding hydrogens is 336 g/mol. The van der Waals surface area contributed by atoms with E-state index in [1.54, 1.807) is 19.4 Å². The Kier molecular flexibility index (Phi) is 3.86. The number of hydrogen-bond acceptors (Lipinski definition) is 3. The van der Waals surface area contributed by atoms with Crippen LogP contribution in [-0.2, 0) is 0 Å². The summed E-state index contributed by atoms with van der Waals surface area (Å²) in [7, 11) is 0. The number of H-pyrrole nitrogens is 1. The molecule has 1 N–H and O–H groups in total. The molecule has 0 aliphatic heterocycles. The first-order valence-corrected chi connectivity index (χ1v) is 8.23. The minimum absolute atomic E-state index is 0.0837. The molecule has 0 aliphatic rings. The molecule has 0 amide bonds. The molecule has 0 saturated carbocycles. The fourth-order valence-electron chi connectivity index (χ4n) is 3.00. The van der Waals surface area contributed by atoms with E-state index in [0.29, 0.717) is 10.7 Å². The molecule has 1 atom stereocenters. The Morgan fingerprint density at radius 2 is 2.00 bits per heavy atom. The summed E-state index contributed by atoms with van der Waals surface area (Å²) in [5, 5.41) is 0.682. The molecule has 1 unspecified atom stereocenters. The summed E-state index contributed by atoms with van der Waals surface area (Å²) in [5.41, 5.74) is 3.84. The van der Waals surface area contributed by atoms with Crippen LogP contribution >= 0.6 is 11.6 Å². The zero-order valence-corrected chi connectivity index (χ0v) is 14.2. The highest BCUT2D eigenvalue weighted by Gasteiger charge is 2.17. The lowest BCUT2D eigenvalue weighted by atomic mass is 9.98. The van der Waals surface area contributed by atoms with Crippen molar-refractivity contribution in [3.63, 3.8) is 0 Å². The second-order valence-corrected chi connectivity index (χ2v) is 6.33. The Bertz CT molecular complexity index is 1100. The van der Waals surface area contributed by atoms with Gasteiger partial charge in [0, 0.05) is 17.4 Å². The number of fused-ring (bicyclic) bond motifs is 1. The Morgan fingerprint density at radius 1 is 1.16 bits per heavy atom. The van der Waals surface area contributed by atoms with Gasteiger partial charge in [-0.1, -0.05) is 29.8 Å². The summed E-state index contributed by atoms with van der Waals surface area (Å²) in [6, 6.07) is 13.5. The van der Waals surface area contributed by atoms with Gasteiger partial charge in [-0.25, -0.2) is 9.97 Å². The van der Waals surface area contributed by atoms with Crippen molar-refractivity contribution in [2.75, 3.05) is 0 Å². The first kappa shape index (κ1) is 15.6. The third-order valence-corrected chi connectivity index (χ3v) is 4.43. The van der Waals surface area contributed by atoms with Gasteiger partial charge in [-0.05, 0) is 42.3 Å². The van der Waals surface area contributed by atoms with Crippen LogP contribution in [0.1, 0.15) is 22.9 Å². The Balaban J connectivity index is 1.92. The number of hydrogen-bond donors (Lipinski definition) is 1. The third-order valence-electron chi connectivity index (χ3n) is 4.19. The average Bonchev–Trinajstić information content (AvgIpc) is 3.10. The van der Waals surface area contributed by atoms with Crippen LogP contribution in [-0.4, -0.2) is 19.5 Å². The van der Waals surface area contributed by atoms with E-state index in [2.05, 4.69) is 15.0 Å². The van der Waals surface area contributed by atoms with Gasteiger partial charge in [-0.15, -0.1) is 0 Å². The van der Waals surface area contributed by atoms with Gasteiger partial charge in [0.25, 0.3) is 5.56 Å². The quantitative estimate of drug-likeness (QED) is 0.612. The molecule has 0 spiro atoms. The van der Waals surface area contributed by atoms with Crippen molar-refractivity contribution >= 4 is 22.6 Å². The molecule has 0 aliphatic carbocycles. The molecule has 2 aromatic carbocycles. The van der Waals surface area contributed by atoms with E-state index in [4.69, 9.17) is 11.6 Å². The van der Waals surface area contributed by atoms with Crippen molar-refractivity contribution in [1.82, 2.24) is 19.5 Å².